The fourth-order valence-electron chi connectivity index (χ4n) is 7.21. The minimum atomic E-state index is -4.58. The topological polar surface area (TPSA) is 108 Å². The average molecular weight is 841 g/mol. The van der Waals surface area contributed by atoms with Crippen LogP contribution < -0.4 is 10.2 Å². The molecule has 0 radical (unpaired) electrons. The molecule has 1 unspecified atom stereocenters. The van der Waals surface area contributed by atoms with Crippen LogP contribution in [0.1, 0.15) is 232 Å². The number of nitrogens with zero attached hydrogens (tertiary/aromatic N) is 1. The monoisotopic (exact) mass is 841 g/mol. The standard InChI is InChI=1S/C49H97N2O6P/c1-6-8-10-12-14-16-18-20-21-22-23-24-25-26-27-28-29-31-33-35-37-39-41-43-49(53)50-47(46-57-58(54,55)56-45-44-51(3,4)5)48(52)42-40-38-36-34-32-30-19-17-15-13-11-9-7-2/h20-21,40,42,47-48,52H,6-19,22-39,41,43-46H2,1-5H3,(H-,50,53,54,55)/b21-20-,42-40+/t47-,48+/m0/s1. The highest BCUT2D eigenvalue weighted by Gasteiger charge is 2.23. The first-order valence-electron chi connectivity index (χ1n) is 24.7. The Kier molecular flexibility index (Phi) is 40.6. The van der Waals surface area contributed by atoms with Gasteiger partial charge in [0.1, 0.15) is 13.2 Å². The molecule has 0 aromatic heterocycles. The Morgan fingerprint density at radius 2 is 0.948 bits per heavy atom. The van der Waals surface area contributed by atoms with Gasteiger partial charge in [0, 0.05) is 6.42 Å². The molecule has 0 aliphatic carbocycles. The molecule has 0 saturated heterocycles. The van der Waals surface area contributed by atoms with Crippen LogP contribution in [0.2, 0.25) is 0 Å². The summed E-state index contributed by atoms with van der Waals surface area (Å²) in [6.45, 7) is 4.65. The molecule has 8 nitrogen and oxygen atoms in total. The molecule has 0 heterocycles. The second-order valence-electron chi connectivity index (χ2n) is 18.2. The van der Waals surface area contributed by atoms with Gasteiger partial charge in [0.25, 0.3) is 7.82 Å². The average Bonchev–Trinajstić information content (AvgIpc) is 3.17. The third-order valence-corrected chi connectivity index (χ3v) is 12.1. The van der Waals surface area contributed by atoms with Gasteiger partial charge in [0.15, 0.2) is 0 Å². The van der Waals surface area contributed by atoms with Gasteiger partial charge >= 0.3 is 0 Å². The first-order chi connectivity index (χ1) is 28.0. The van der Waals surface area contributed by atoms with E-state index in [0.717, 1.165) is 38.5 Å². The van der Waals surface area contributed by atoms with Gasteiger partial charge in [0.05, 0.1) is 39.9 Å². The molecule has 344 valence electrons. The van der Waals surface area contributed by atoms with Crippen molar-refractivity contribution in [3.05, 3.63) is 24.3 Å². The lowest BCUT2D eigenvalue weighted by molar-refractivity contribution is -0.870. The third-order valence-electron chi connectivity index (χ3n) is 11.2. The smallest absolute Gasteiger partial charge is 0.268 e. The van der Waals surface area contributed by atoms with Crippen LogP contribution in [0.25, 0.3) is 0 Å². The highest BCUT2D eigenvalue weighted by Crippen LogP contribution is 2.38. The van der Waals surface area contributed by atoms with Gasteiger partial charge in [-0.25, -0.2) is 0 Å². The number of hydrogen-bond donors (Lipinski definition) is 2. The molecular weight excluding hydrogens is 744 g/mol. The minimum Gasteiger partial charge on any atom is -0.756 e. The molecule has 0 rings (SSSR count). The molecule has 0 aromatic rings. The number of aliphatic hydroxyl groups excluding tert-OH is 1. The van der Waals surface area contributed by atoms with Crippen LogP contribution in [0.15, 0.2) is 24.3 Å². The van der Waals surface area contributed by atoms with Crippen molar-refractivity contribution in [1.29, 1.82) is 0 Å². The van der Waals surface area contributed by atoms with E-state index >= 15 is 0 Å². The number of rotatable bonds is 45. The first kappa shape index (κ1) is 57.0. The lowest BCUT2D eigenvalue weighted by atomic mass is 10.0. The normalized spacial score (nSPS) is 14.4. The Morgan fingerprint density at radius 3 is 1.34 bits per heavy atom. The van der Waals surface area contributed by atoms with Crippen molar-refractivity contribution in [1.82, 2.24) is 5.32 Å². The number of nitrogens with one attached hydrogen (secondary N) is 1. The van der Waals surface area contributed by atoms with Crippen LogP contribution in [0.5, 0.6) is 0 Å². The molecular formula is C49H97N2O6P. The fraction of sp³-hybridized carbons (Fsp3) is 0.898. The Hall–Kier alpha value is -1.02. The van der Waals surface area contributed by atoms with Crippen LogP contribution >= 0.6 is 7.82 Å². The predicted molar refractivity (Wildman–Crippen MR) is 247 cm³/mol. The van der Waals surface area contributed by atoms with Gasteiger partial charge in [-0.05, 0) is 44.9 Å². The molecule has 0 aliphatic heterocycles. The molecule has 9 heteroatoms. The number of quaternary nitrogens is 1. The number of phosphoric ester groups is 1. The zero-order valence-corrected chi connectivity index (χ0v) is 39.9. The maximum atomic E-state index is 12.9. The molecule has 2 N–H and O–H groups in total. The highest BCUT2D eigenvalue weighted by atomic mass is 31.2. The largest absolute Gasteiger partial charge is 0.756 e. The van der Waals surface area contributed by atoms with Crippen LogP contribution in [0, 0.1) is 0 Å². The number of allylic oxidation sites excluding steroid dienone is 3. The SMILES string of the molecule is CCCCCCCC/C=C\CCCCCCCCCCCCCCCC(=O)N[C@@H](COP(=O)([O-])OCC[N+](C)(C)C)[C@H](O)/C=C/CCCCCCCCCCCCC. The maximum absolute atomic E-state index is 12.9. The zero-order valence-electron chi connectivity index (χ0n) is 39.0. The van der Waals surface area contributed by atoms with Gasteiger partial charge in [-0.15, -0.1) is 0 Å². The summed E-state index contributed by atoms with van der Waals surface area (Å²) in [5, 5.41) is 13.8. The molecule has 0 spiro atoms. The maximum Gasteiger partial charge on any atom is 0.268 e. The molecule has 0 aromatic carbocycles. The van der Waals surface area contributed by atoms with Crippen LogP contribution in [-0.2, 0) is 18.4 Å². The zero-order chi connectivity index (χ0) is 42.8. The van der Waals surface area contributed by atoms with Crippen molar-refractivity contribution < 1.29 is 32.9 Å². The Bertz CT molecular complexity index is 1000. The van der Waals surface area contributed by atoms with E-state index in [2.05, 4.69) is 31.3 Å². The van der Waals surface area contributed by atoms with Gasteiger partial charge < -0.3 is 28.8 Å². The predicted octanol–water partition coefficient (Wildman–Crippen LogP) is 13.5. The van der Waals surface area contributed by atoms with Crippen LogP contribution in [0.3, 0.4) is 0 Å². The molecule has 0 aliphatic rings. The molecule has 0 bridgehead atoms. The number of likely N-dealkylation sites (N-methyl/N-ethyl adjacent to an activating group) is 1. The van der Waals surface area contributed by atoms with Crippen molar-refractivity contribution in [3.63, 3.8) is 0 Å². The second kappa shape index (κ2) is 41.3. The summed E-state index contributed by atoms with van der Waals surface area (Å²) in [7, 11) is 1.27. The lowest BCUT2D eigenvalue weighted by Gasteiger charge is -2.29. The van der Waals surface area contributed by atoms with Gasteiger partial charge in [0.2, 0.25) is 5.91 Å². The number of phosphoric acid groups is 1. The quantitative estimate of drug-likeness (QED) is 0.0274. The first-order valence-corrected chi connectivity index (χ1v) is 26.2. The molecule has 3 atom stereocenters. The molecule has 1 amide bonds. The number of hydrogen-bond acceptors (Lipinski definition) is 6. The second-order valence-corrected chi connectivity index (χ2v) is 19.6. The lowest BCUT2D eigenvalue weighted by Crippen LogP contribution is -2.45. The van der Waals surface area contributed by atoms with E-state index in [1.807, 2.05) is 27.2 Å². The Labute approximate surface area is 360 Å². The summed E-state index contributed by atoms with van der Waals surface area (Å²) in [6, 6.07) is -0.882. The van der Waals surface area contributed by atoms with E-state index in [1.165, 1.54) is 173 Å². The summed E-state index contributed by atoms with van der Waals surface area (Å²) in [6.07, 6.45) is 49.4. The van der Waals surface area contributed by atoms with Gasteiger partial charge in [-0.2, -0.15) is 0 Å². The van der Waals surface area contributed by atoms with E-state index in [9.17, 15) is 19.4 Å². The number of unbranched alkanes of at least 4 members (excludes halogenated alkanes) is 30. The number of aliphatic hydroxyl groups is 1. The number of carbonyl (C=O) groups is 1. The summed E-state index contributed by atoms with van der Waals surface area (Å²) in [5.74, 6) is -0.196. The van der Waals surface area contributed by atoms with Crippen molar-refractivity contribution in [2.24, 2.45) is 0 Å². The highest BCUT2D eigenvalue weighted by molar-refractivity contribution is 7.45. The van der Waals surface area contributed by atoms with Crippen LogP contribution in [-0.4, -0.2) is 68.5 Å². The summed E-state index contributed by atoms with van der Waals surface area (Å²) in [5.41, 5.74) is 0. The van der Waals surface area contributed by atoms with Crippen molar-refractivity contribution in [2.45, 2.75) is 244 Å². The van der Waals surface area contributed by atoms with E-state index in [1.54, 1.807) is 6.08 Å². The Balaban J connectivity index is 4.23. The number of amides is 1. The fourth-order valence-corrected chi connectivity index (χ4v) is 7.93. The summed E-state index contributed by atoms with van der Waals surface area (Å²) < 4.78 is 23.2. The molecule has 0 saturated carbocycles. The minimum absolute atomic E-state index is 0.000570. The molecule has 58 heavy (non-hydrogen) atoms. The van der Waals surface area contributed by atoms with E-state index in [-0.39, 0.29) is 19.1 Å². The Morgan fingerprint density at radius 1 is 0.586 bits per heavy atom. The molecule has 0 fully saturated rings. The summed E-state index contributed by atoms with van der Waals surface area (Å²) >= 11 is 0. The van der Waals surface area contributed by atoms with Gasteiger partial charge in [-0.3, -0.25) is 9.36 Å². The van der Waals surface area contributed by atoms with E-state index in [4.69, 9.17) is 9.05 Å². The van der Waals surface area contributed by atoms with Gasteiger partial charge in [-0.1, -0.05) is 205 Å². The third kappa shape index (κ3) is 43.1. The summed E-state index contributed by atoms with van der Waals surface area (Å²) in [4.78, 5) is 25.3. The van der Waals surface area contributed by atoms with Crippen molar-refractivity contribution in [2.75, 3.05) is 40.9 Å². The van der Waals surface area contributed by atoms with E-state index < -0.39 is 20.0 Å². The van der Waals surface area contributed by atoms with Crippen molar-refractivity contribution in [3.8, 4) is 0 Å². The van der Waals surface area contributed by atoms with Crippen LogP contribution in [0.4, 0.5) is 0 Å². The van der Waals surface area contributed by atoms with Crippen molar-refractivity contribution >= 4 is 13.7 Å². The van der Waals surface area contributed by atoms with E-state index in [0.29, 0.717) is 17.4 Å². The number of carbonyl (C=O) groups excluding carboxylic acids is 1.